The summed E-state index contributed by atoms with van der Waals surface area (Å²) in [7, 11) is 0. The number of anilines is 1. The van der Waals surface area contributed by atoms with Gasteiger partial charge in [0.1, 0.15) is 5.82 Å². The van der Waals surface area contributed by atoms with E-state index < -0.39 is 0 Å². The number of benzene rings is 1. The van der Waals surface area contributed by atoms with Crippen LogP contribution in [0.4, 0.5) is 5.13 Å². The third-order valence-electron chi connectivity index (χ3n) is 4.28. The maximum atomic E-state index is 12.4. The zero-order chi connectivity index (χ0) is 20.6. The van der Waals surface area contributed by atoms with E-state index in [1.807, 2.05) is 47.9 Å². The molecule has 0 saturated heterocycles. The van der Waals surface area contributed by atoms with Crippen molar-refractivity contribution in [2.45, 2.75) is 44.8 Å². The predicted octanol–water partition coefficient (Wildman–Crippen LogP) is 4.97. The number of thiazole rings is 1. The Morgan fingerprint density at radius 2 is 2.10 bits per heavy atom. The Morgan fingerprint density at radius 3 is 2.83 bits per heavy atom. The number of thioether (sulfide) groups is 1. The Labute approximate surface area is 179 Å². The minimum atomic E-state index is -0.105. The van der Waals surface area contributed by atoms with Gasteiger partial charge in [0.15, 0.2) is 10.3 Å². The van der Waals surface area contributed by atoms with E-state index in [1.54, 1.807) is 0 Å². The molecule has 0 aliphatic rings. The molecule has 3 rings (SSSR count). The average molecular weight is 428 g/mol. The molecule has 1 N–H and O–H groups in total. The van der Waals surface area contributed by atoms with Gasteiger partial charge < -0.3 is 9.88 Å². The van der Waals surface area contributed by atoms with Crippen LogP contribution in [0, 0.1) is 6.92 Å². The van der Waals surface area contributed by atoms with Gasteiger partial charge in [0.05, 0.1) is 11.4 Å². The molecule has 0 radical (unpaired) electrons. The van der Waals surface area contributed by atoms with Crippen LogP contribution < -0.4 is 5.32 Å². The Kier molecular flexibility index (Phi) is 7.60. The number of aromatic nitrogens is 4. The standard InChI is InChI=1S/C21H25N5OS2/c1-4-6-12-17-24-25-21(26(17)13-5-2)28-14-18(27)22-20-23-19(15(3)29-20)16-10-8-7-9-11-16/h5,7-11H,2,4,6,12-14H2,1,3H3,(H,22,23,27). The number of allylic oxidation sites excluding steroid dienone is 1. The maximum Gasteiger partial charge on any atom is 0.236 e. The topological polar surface area (TPSA) is 72.7 Å². The number of hydrogen-bond acceptors (Lipinski definition) is 6. The number of aryl methyl sites for hydroxylation is 2. The van der Waals surface area contributed by atoms with Crippen LogP contribution in [0.15, 0.2) is 48.1 Å². The van der Waals surface area contributed by atoms with Crippen LogP contribution in [-0.4, -0.2) is 31.4 Å². The Bertz CT molecular complexity index is 965. The summed E-state index contributed by atoms with van der Waals surface area (Å²) in [6.07, 6.45) is 4.87. The molecule has 0 saturated carbocycles. The molecule has 1 amide bonds. The lowest BCUT2D eigenvalue weighted by molar-refractivity contribution is -0.113. The van der Waals surface area contributed by atoms with Crippen molar-refractivity contribution in [3.63, 3.8) is 0 Å². The molecule has 3 aromatic rings. The molecule has 152 valence electrons. The zero-order valence-electron chi connectivity index (χ0n) is 16.7. The molecule has 0 bridgehead atoms. The lowest BCUT2D eigenvalue weighted by Gasteiger charge is -2.07. The highest BCUT2D eigenvalue weighted by molar-refractivity contribution is 7.99. The van der Waals surface area contributed by atoms with Crippen LogP contribution in [0.3, 0.4) is 0 Å². The van der Waals surface area contributed by atoms with E-state index in [4.69, 9.17) is 0 Å². The summed E-state index contributed by atoms with van der Waals surface area (Å²) in [6, 6.07) is 9.98. The normalized spacial score (nSPS) is 10.8. The lowest BCUT2D eigenvalue weighted by Crippen LogP contribution is -2.14. The molecule has 0 fully saturated rings. The van der Waals surface area contributed by atoms with Crippen molar-refractivity contribution in [3.05, 3.63) is 53.7 Å². The molecular weight excluding hydrogens is 402 g/mol. The van der Waals surface area contributed by atoms with E-state index in [0.29, 0.717) is 11.7 Å². The van der Waals surface area contributed by atoms with Gasteiger partial charge in [0.2, 0.25) is 5.91 Å². The van der Waals surface area contributed by atoms with Gasteiger partial charge in [-0.25, -0.2) is 4.98 Å². The summed E-state index contributed by atoms with van der Waals surface area (Å²) in [4.78, 5) is 18.1. The highest BCUT2D eigenvalue weighted by Gasteiger charge is 2.15. The molecule has 0 aliphatic carbocycles. The first-order chi connectivity index (χ1) is 14.1. The number of amides is 1. The lowest BCUT2D eigenvalue weighted by atomic mass is 10.1. The molecule has 0 aliphatic heterocycles. The van der Waals surface area contributed by atoms with Crippen molar-refractivity contribution in [3.8, 4) is 11.3 Å². The van der Waals surface area contributed by atoms with Crippen molar-refractivity contribution >= 4 is 34.1 Å². The second kappa shape index (κ2) is 10.4. The van der Waals surface area contributed by atoms with Crippen molar-refractivity contribution < 1.29 is 4.79 Å². The smallest absolute Gasteiger partial charge is 0.236 e. The van der Waals surface area contributed by atoms with E-state index in [9.17, 15) is 4.79 Å². The summed E-state index contributed by atoms with van der Waals surface area (Å²) in [5.74, 6) is 1.09. The number of carbonyl (C=O) groups excluding carboxylic acids is 1. The van der Waals surface area contributed by atoms with Crippen LogP contribution in [0.5, 0.6) is 0 Å². The summed E-state index contributed by atoms with van der Waals surface area (Å²) in [5.41, 5.74) is 1.96. The van der Waals surface area contributed by atoms with Crippen LogP contribution in [0.25, 0.3) is 11.3 Å². The van der Waals surface area contributed by atoms with Crippen LogP contribution in [0.1, 0.15) is 30.5 Å². The third-order valence-corrected chi connectivity index (χ3v) is 6.13. The highest BCUT2D eigenvalue weighted by Crippen LogP contribution is 2.30. The first-order valence-electron chi connectivity index (χ1n) is 9.60. The van der Waals surface area contributed by atoms with Gasteiger partial charge in [-0.2, -0.15) is 0 Å². The largest absolute Gasteiger partial charge is 0.302 e. The fourth-order valence-electron chi connectivity index (χ4n) is 2.86. The van der Waals surface area contributed by atoms with E-state index >= 15 is 0 Å². The second-order valence-corrected chi connectivity index (χ2v) is 8.67. The minimum Gasteiger partial charge on any atom is -0.302 e. The van der Waals surface area contributed by atoms with Gasteiger partial charge in [-0.3, -0.25) is 4.79 Å². The van der Waals surface area contributed by atoms with Gasteiger partial charge in [-0.15, -0.1) is 28.1 Å². The number of carbonyl (C=O) groups is 1. The predicted molar refractivity (Wildman–Crippen MR) is 120 cm³/mol. The number of nitrogens with zero attached hydrogens (tertiary/aromatic N) is 4. The SMILES string of the molecule is C=CCn1c(CCCC)nnc1SCC(=O)Nc1nc(-c2ccccc2)c(C)s1. The molecule has 6 nitrogen and oxygen atoms in total. The van der Waals surface area contributed by atoms with Crippen LogP contribution >= 0.6 is 23.1 Å². The summed E-state index contributed by atoms with van der Waals surface area (Å²) < 4.78 is 2.03. The molecule has 8 heteroatoms. The second-order valence-electron chi connectivity index (χ2n) is 6.53. The number of hydrogen-bond donors (Lipinski definition) is 1. The maximum absolute atomic E-state index is 12.4. The quantitative estimate of drug-likeness (QED) is 0.365. The van der Waals surface area contributed by atoms with E-state index in [2.05, 4.69) is 34.0 Å². The molecule has 0 unspecified atom stereocenters. The molecule has 29 heavy (non-hydrogen) atoms. The molecule has 1 aromatic carbocycles. The first-order valence-corrected chi connectivity index (χ1v) is 11.4. The van der Waals surface area contributed by atoms with Crippen LogP contribution in [0.2, 0.25) is 0 Å². The zero-order valence-corrected chi connectivity index (χ0v) is 18.4. The van der Waals surface area contributed by atoms with Crippen molar-refractivity contribution in [2.24, 2.45) is 0 Å². The molecule has 2 aromatic heterocycles. The molecule has 0 spiro atoms. The van der Waals surface area contributed by atoms with Gasteiger partial charge >= 0.3 is 0 Å². The molecular formula is C21H25N5OS2. The highest BCUT2D eigenvalue weighted by atomic mass is 32.2. The van der Waals surface area contributed by atoms with Crippen molar-refractivity contribution in [1.82, 2.24) is 19.7 Å². The number of rotatable bonds is 10. The van der Waals surface area contributed by atoms with Gasteiger partial charge in [-0.1, -0.05) is 61.5 Å². The Balaban J connectivity index is 1.62. The summed E-state index contributed by atoms with van der Waals surface area (Å²) in [5, 5.41) is 12.8. The fraction of sp³-hybridized carbons (Fsp3) is 0.333. The minimum absolute atomic E-state index is 0.105. The van der Waals surface area contributed by atoms with Gasteiger partial charge in [-0.05, 0) is 13.3 Å². The molecule has 2 heterocycles. The summed E-state index contributed by atoms with van der Waals surface area (Å²) in [6.45, 7) is 8.62. The number of nitrogens with one attached hydrogen (secondary N) is 1. The molecule has 0 atom stereocenters. The van der Waals surface area contributed by atoms with Crippen molar-refractivity contribution in [2.75, 3.05) is 11.1 Å². The van der Waals surface area contributed by atoms with E-state index in [1.165, 1.54) is 23.1 Å². The van der Waals surface area contributed by atoms with Gasteiger partial charge in [0, 0.05) is 23.4 Å². The van der Waals surface area contributed by atoms with Crippen molar-refractivity contribution in [1.29, 1.82) is 0 Å². The van der Waals surface area contributed by atoms with E-state index in [-0.39, 0.29) is 11.7 Å². The first kappa shape index (κ1) is 21.3. The number of unbranched alkanes of at least 4 members (excludes halogenated alkanes) is 1. The average Bonchev–Trinajstić information content (AvgIpc) is 3.28. The fourth-order valence-corrected chi connectivity index (χ4v) is 4.48. The third kappa shape index (κ3) is 5.55. The monoisotopic (exact) mass is 427 g/mol. The van der Waals surface area contributed by atoms with E-state index in [0.717, 1.165) is 46.4 Å². The Hall–Kier alpha value is -2.45. The van der Waals surface area contributed by atoms with Gasteiger partial charge in [0.25, 0.3) is 0 Å². The summed E-state index contributed by atoms with van der Waals surface area (Å²) >= 11 is 2.87. The Morgan fingerprint density at radius 1 is 1.31 bits per heavy atom. The van der Waals surface area contributed by atoms with Crippen LogP contribution in [-0.2, 0) is 17.8 Å².